The quantitative estimate of drug-likeness (QED) is 0.794. The van der Waals surface area contributed by atoms with E-state index in [1.165, 1.54) is 17.4 Å². The topological polar surface area (TPSA) is 58.6 Å². The average molecular weight is 383 g/mol. The largest absolute Gasteiger partial charge is 0.497 e. The molecule has 0 heterocycles. The smallest absolute Gasteiger partial charge is 0.240 e. The summed E-state index contributed by atoms with van der Waals surface area (Å²) < 4.78 is 5.21. The van der Waals surface area contributed by atoms with Crippen molar-refractivity contribution in [2.45, 2.75) is 39.5 Å². The highest BCUT2D eigenvalue weighted by Crippen LogP contribution is 2.25. The van der Waals surface area contributed by atoms with Crippen LogP contribution in [-0.2, 0) is 21.4 Å². The Morgan fingerprint density at radius 3 is 2.32 bits per heavy atom. The third-order valence-electron chi connectivity index (χ3n) is 4.60. The molecule has 0 atom stereocenters. The van der Waals surface area contributed by atoms with Crippen molar-refractivity contribution < 1.29 is 14.3 Å². The lowest BCUT2D eigenvalue weighted by Gasteiger charge is -2.23. The van der Waals surface area contributed by atoms with Gasteiger partial charge in [-0.1, -0.05) is 45.0 Å². The number of carbonyl (C=O) groups is 2. The second kappa shape index (κ2) is 9.40. The molecule has 2 amide bonds. The van der Waals surface area contributed by atoms with Gasteiger partial charge in [0.25, 0.3) is 0 Å². The molecule has 1 N–H and O–H groups in total. The number of methoxy groups -OCH3 is 1. The van der Waals surface area contributed by atoms with E-state index < -0.39 is 0 Å². The lowest BCUT2D eigenvalue weighted by molar-refractivity contribution is -0.123. The SMILES string of the molecule is COc1cccc(CCNC(=O)CN(C(C)=O)c2ccc(C(C)(C)C)cc2)c1. The van der Waals surface area contributed by atoms with Crippen LogP contribution in [0.2, 0.25) is 0 Å². The van der Waals surface area contributed by atoms with Gasteiger partial charge in [-0.15, -0.1) is 0 Å². The number of ether oxygens (including phenoxy) is 1. The second-order valence-electron chi connectivity index (χ2n) is 7.85. The fourth-order valence-corrected chi connectivity index (χ4v) is 2.90. The number of nitrogens with one attached hydrogen (secondary N) is 1. The molecule has 0 aliphatic carbocycles. The monoisotopic (exact) mass is 382 g/mol. The number of hydrogen-bond acceptors (Lipinski definition) is 3. The summed E-state index contributed by atoms with van der Waals surface area (Å²) in [7, 11) is 1.63. The van der Waals surface area contributed by atoms with E-state index in [2.05, 4.69) is 26.1 Å². The van der Waals surface area contributed by atoms with Crippen molar-refractivity contribution in [2.24, 2.45) is 0 Å². The van der Waals surface area contributed by atoms with Crippen LogP contribution in [0.1, 0.15) is 38.8 Å². The normalized spacial score (nSPS) is 11.0. The third kappa shape index (κ3) is 6.12. The van der Waals surface area contributed by atoms with Crippen LogP contribution in [0.15, 0.2) is 48.5 Å². The molecule has 0 aliphatic rings. The van der Waals surface area contributed by atoms with Crippen molar-refractivity contribution in [2.75, 3.05) is 25.1 Å². The van der Waals surface area contributed by atoms with Crippen LogP contribution in [0.5, 0.6) is 5.75 Å². The highest BCUT2D eigenvalue weighted by atomic mass is 16.5. The van der Waals surface area contributed by atoms with Crippen molar-refractivity contribution in [3.05, 3.63) is 59.7 Å². The highest BCUT2D eigenvalue weighted by molar-refractivity contribution is 5.97. The molecule has 0 saturated carbocycles. The van der Waals surface area contributed by atoms with E-state index in [0.717, 1.165) is 17.0 Å². The lowest BCUT2D eigenvalue weighted by Crippen LogP contribution is -2.40. The Balaban J connectivity index is 1.94. The Kier molecular flexibility index (Phi) is 7.21. The molecule has 0 fully saturated rings. The summed E-state index contributed by atoms with van der Waals surface area (Å²) >= 11 is 0. The molecule has 0 aromatic heterocycles. The number of carbonyl (C=O) groups excluding carboxylic acids is 2. The van der Waals surface area contributed by atoms with Crippen molar-refractivity contribution >= 4 is 17.5 Å². The molecular formula is C23H30N2O3. The molecule has 2 aromatic carbocycles. The summed E-state index contributed by atoms with van der Waals surface area (Å²) in [5.41, 5.74) is 3.03. The first kappa shape index (κ1) is 21.5. The number of rotatable bonds is 7. The molecule has 2 rings (SSSR count). The molecule has 0 aliphatic heterocycles. The predicted molar refractivity (Wildman–Crippen MR) is 113 cm³/mol. The van der Waals surface area contributed by atoms with Gasteiger partial charge in [-0.05, 0) is 47.2 Å². The maximum absolute atomic E-state index is 12.3. The first-order valence-corrected chi connectivity index (χ1v) is 9.49. The Morgan fingerprint density at radius 2 is 1.75 bits per heavy atom. The standard InChI is InChI=1S/C23H30N2O3/c1-17(26)25(20-11-9-19(10-12-20)23(2,3)4)16-22(27)24-14-13-18-7-6-8-21(15-18)28-5/h6-12,15H,13-14,16H2,1-5H3,(H,24,27). The van der Waals surface area contributed by atoms with Crippen LogP contribution in [-0.4, -0.2) is 32.0 Å². The van der Waals surface area contributed by atoms with E-state index in [1.807, 2.05) is 48.5 Å². The van der Waals surface area contributed by atoms with E-state index in [4.69, 9.17) is 4.74 Å². The molecule has 5 nitrogen and oxygen atoms in total. The number of nitrogens with zero attached hydrogens (tertiary/aromatic N) is 1. The van der Waals surface area contributed by atoms with Crippen LogP contribution in [0.25, 0.3) is 0 Å². The van der Waals surface area contributed by atoms with Crippen LogP contribution in [0, 0.1) is 0 Å². The average Bonchev–Trinajstić information content (AvgIpc) is 2.65. The maximum atomic E-state index is 12.3. The van der Waals surface area contributed by atoms with Crippen LogP contribution in [0.4, 0.5) is 5.69 Å². The zero-order chi connectivity index (χ0) is 20.7. The minimum atomic E-state index is -0.182. The Morgan fingerprint density at radius 1 is 1.07 bits per heavy atom. The highest BCUT2D eigenvalue weighted by Gasteiger charge is 2.18. The summed E-state index contributed by atoms with van der Waals surface area (Å²) in [5, 5.41) is 2.89. The minimum Gasteiger partial charge on any atom is -0.497 e. The molecular weight excluding hydrogens is 352 g/mol. The first-order valence-electron chi connectivity index (χ1n) is 9.49. The molecule has 0 bridgehead atoms. The third-order valence-corrected chi connectivity index (χ3v) is 4.60. The van der Waals surface area contributed by atoms with Crippen molar-refractivity contribution in [3.8, 4) is 5.75 Å². The lowest BCUT2D eigenvalue weighted by atomic mass is 9.87. The maximum Gasteiger partial charge on any atom is 0.240 e. The van der Waals surface area contributed by atoms with Gasteiger partial charge in [0.05, 0.1) is 7.11 Å². The molecule has 2 aromatic rings. The molecule has 0 saturated heterocycles. The van der Waals surface area contributed by atoms with Gasteiger partial charge >= 0.3 is 0 Å². The van der Waals surface area contributed by atoms with Gasteiger partial charge in [-0.25, -0.2) is 0 Å². The predicted octanol–water partition coefficient (Wildman–Crippen LogP) is 3.70. The number of amides is 2. The van der Waals surface area contributed by atoms with Gasteiger partial charge in [0.1, 0.15) is 12.3 Å². The summed E-state index contributed by atoms with van der Waals surface area (Å²) in [4.78, 5) is 25.9. The van der Waals surface area contributed by atoms with Gasteiger partial charge in [-0.3, -0.25) is 9.59 Å². The number of benzene rings is 2. The number of hydrogen-bond donors (Lipinski definition) is 1. The van der Waals surface area contributed by atoms with Crippen molar-refractivity contribution in [3.63, 3.8) is 0 Å². The first-order chi connectivity index (χ1) is 13.2. The zero-order valence-electron chi connectivity index (χ0n) is 17.4. The molecule has 0 radical (unpaired) electrons. The second-order valence-corrected chi connectivity index (χ2v) is 7.85. The van der Waals surface area contributed by atoms with Crippen LogP contribution in [0.3, 0.4) is 0 Å². The fourth-order valence-electron chi connectivity index (χ4n) is 2.90. The van der Waals surface area contributed by atoms with Gasteiger partial charge in [0, 0.05) is 19.2 Å². The minimum absolute atomic E-state index is 0.00229. The van der Waals surface area contributed by atoms with Gasteiger partial charge in [0.15, 0.2) is 0 Å². The molecule has 0 spiro atoms. The van der Waals surface area contributed by atoms with Crippen LogP contribution >= 0.6 is 0 Å². The Bertz CT molecular complexity index is 807. The van der Waals surface area contributed by atoms with E-state index in [1.54, 1.807) is 7.11 Å². The summed E-state index contributed by atoms with van der Waals surface area (Å²) in [6.45, 7) is 8.39. The Hall–Kier alpha value is -2.82. The van der Waals surface area contributed by atoms with Gasteiger partial charge in [0.2, 0.25) is 11.8 Å². The molecule has 28 heavy (non-hydrogen) atoms. The van der Waals surface area contributed by atoms with E-state index in [9.17, 15) is 9.59 Å². The Labute approximate surface area is 167 Å². The fraction of sp³-hybridized carbons (Fsp3) is 0.391. The zero-order valence-corrected chi connectivity index (χ0v) is 17.4. The van der Waals surface area contributed by atoms with Gasteiger partial charge < -0.3 is 15.0 Å². The van der Waals surface area contributed by atoms with Crippen LogP contribution < -0.4 is 15.0 Å². The summed E-state index contributed by atoms with van der Waals surface area (Å²) in [6.07, 6.45) is 0.698. The van der Waals surface area contributed by atoms with Crippen molar-refractivity contribution in [1.29, 1.82) is 0 Å². The summed E-state index contributed by atoms with van der Waals surface area (Å²) in [5.74, 6) is 0.453. The van der Waals surface area contributed by atoms with Crippen molar-refractivity contribution in [1.82, 2.24) is 5.32 Å². The molecule has 5 heteroatoms. The summed E-state index contributed by atoms with van der Waals surface area (Å²) in [6, 6.07) is 15.6. The van der Waals surface area contributed by atoms with E-state index in [-0.39, 0.29) is 23.8 Å². The molecule has 0 unspecified atom stereocenters. The molecule has 150 valence electrons. The van der Waals surface area contributed by atoms with E-state index in [0.29, 0.717) is 13.0 Å². The van der Waals surface area contributed by atoms with Gasteiger partial charge in [-0.2, -0.15) is 0 Å². The van der Waals surface area contributed by atoms with E-state index >= 15 is 0 Å². The number of anilines is 1.